The summed E-state index contributed by atoms with van der Waals surface area (Å²) < 4.78 is 34.7. The molecular formula is C5H3F3N2O. The van der Waals surface area contributed by atoms with Gasteiger partial charge in [-0.05, 0) is 6.07 Å². The van der Waals surface area contributed by atoms with Crippen LogP contribution in [0.1, 0.15) is 0 Å². The van der Waals surface area contributed by atoms with E-state index in [0.29, 0.717) is 0 Å². The van der Waals surface area contributed by atoms with E-state index in [1.54, 1.807) is 0 Å². The van der Waals surface area contributed by atoms with E-state index in [2.05, 4.69) is 5.10 Å². The molecule has 0 aromatic carbocycles. The Morgan fingerprint density at radius 1 is 1.45 bits per heavy atom. The van der Waals surface area contributed by atoms with Crippen LogP contribution >= 0.6 is 0 Å². The maximum Gasteiger partial charge on any atom is 0.507 e. The molecule has 1 rings (SSSR count). The molecule has 0 saturated carbocycles. The van der Waals surface area contributed by atoms with Gasteiger partial charge in [-0.15, -0.1) is 17.9 Å². The van der Waals surface area contributed by atoms with Crippen LogP contribution in [0.25, 0.3) is 0 Å². The molecule has 1 aromatic heterocycles. The van der Waals surface area contributed by atoms with Gasteiger partial charge in [-0.3, -0.25) is 4.79 Å². The average Bonchev–Trinajstić information content (AvgIpc) is 1.86. The first-order valence-corrected chi connectivity index (χ1v) is 2.63. The van der Waals surface area contributed by atoms with E-state index >= 15 is 0 Å². The van der Waals surface area contributed by atoms with E-state index < -0.39 is 16.5 Å². The highest BCUT2D eigenvalue weighted by atomic mass is 19.4. The summed E-state index contributed by atoms with van der Waals surface area (Å²) >= 11 is 0. The lowest BCUT2D eigenvalue weighted by Gasteiger charge is -2.05. The Morgan fingerprint density at radius 3 is 2.45 bits per heavy atom. The lowest BCUT2D eigenvalue weighted by molar-refractivity contribution is -0.215. The Kier molecular flexibility index (Phi) is 1.67. The fourth-order valence-corrected chi connectivity index (χ4v) is 0.548. The lowest BCUT2D eigenvalue weighted by Crippen LogP contribution is -2.31. The molecule has 1 aromatic rings. The molecule has 0 aliphatic carbocycles. The molecule has 11 heavy (non-hydrogen) atoms. The van der Waals surface area contributed by atoms with Gasteiger partial charge in [-0.2, -0.15) is 5.10 Å². The molecule has 6 heteroatoms. The second-order valence-corrected chi connectivity index (χ2v) is 1.74. The van der Waals surface area contributed by atoms with E-state index in [0.717, 1.165) is 18.3 Å². The van der Waals surface area contributed by atoms with Gasteiger partial charge >= 0.3 is 6.30 Å². The minimum Gasteiger partial charge on any atom is -0.268 e. The first-order valence-electron chi connectivity index (χ1n) is 2.63. The van der Waals surface area contributed by atoms with Crippen LogP contribution < -0.4 is 5.56 Å². The third-order valence-corrected chi connectivity index (χ3v) is 0.956. The quantitative estimate of drug-likeness (QED) is 0.566. The first-order chi connectivity index (χ1) is 5.02. The van der Waals surface area contributed by atoms with Gasteiger partial charge in [0.2, 0.25) is 0 Å². The molecular weight excluding hydrogens is 161 g/mol. The molecule has 0 amide bonds. The number of hydrogen-bond acceptors (Lipinski definition) is 2. The summed E-state index contributed by atoms with van der Waals surface area (Å²) in [5.74, 6) is 0. The fraction of sp³-hybridized carbons (Fsp3) is 0.200. The number of nitrogens with zero attached hydrogens (tertiary/aromatic N) is 2. The van der Waals surface area contributed by atoms with Crippen LogP contribution in [0, 0.1) is 0 Å². The summed E-state index contributed by atoms with van der Waals surface area (Å²) in [6, 6.07) is 1.94. The molecule has 60 valence electrons. The number of rotatable bonds is 0. The molecule has 0 radical (unpaired) electrons. The fourth-order valence-electron chi connectivity index (χ4n) is 0.548. The van der Waals surface area contributed by atoms with Gasteiger partial charge in [0, 0.05) is 12.3 Å². The van der Waals surface area contributed by atoms with Crippen LogP contribution in [0.15, 0.2) is 23.1 Å². The topological polar surface area (TPSA) is 34.9 Å². The molecule has 1 heterocycles. The minimum atomic E-state index is -4.72. The summed E-state index contributed by atoms with van der Waals surface area (Å²) in [5.41, 5.74) is -1.18. The minimum absolute atomic E-state index is 0.535. The Morgan fingerprint density at radius 2 is 2.09 bits per heavy atom. The Bertz CT molecular complexity index is 303. The summed E-state index contributed by atoms with van der Waals surface area (Å²) in [5, 5.41) is 2.83. The highest BCUT2D eigenvalue weighted by Gasteiger charge is 2.32. The highest BCUT2D eigenvalue weighted by molar-refractivity contribution is 4.85. The molecule has 0 unspecified atom stereocenters. The molecule has 3 nitrogen and oxygen atoms in total. The predicted octanol–water partition coefficient (Wildman–Crippen LogP) is 0.720. The van der Waals surface area contributed by atoms with Gasteiger partial charge in [0.15, 0.2) is 0 Å². The van der Waals surface area contributed by atoms with E-state index in [4.69, 9.17) is 0 Å². The first kappa shape index (κ1) is 7.77. The molecule has 0 atom stereocenters. The molecule has 0 bridgehead atoms. The second-order valence-electron chi connectivity index (χ2n) is 1.74. The predicted molar refractivity (Wildman–Crippen MR) is 29.8 cm³/mol. The third-order valence-electron chi connectivity index (χ3n) is 0.956. The maximum atomic E-state index is 11.7. The molecule has 0 aliphatic heterocycles. The highest BCUT2D eigenvalue weighted by Crippen LogP contribution is 2.17. The van der Waals surface area contributed by atoms with E-state index in [1.165, 1.54) is 0 Å². The Balaban J connectivity index is 3.26. The Labute approximate surface area is 59.1 Å². The zero-order valence-electron chi connectivity index (χ0n) is 5.17. The number of alkyl halides is 3. The van der Waals surface area contributed by atoms with Crippen LogP contribution in [0.3, 0.4) is 0 Å². The number of halogens is 3. The SMILES string of the molecule is O=c1cccnn1C(F)(F)F. The van der Waals surface area contributed by atoms with Gasteiger partial charge in [0.25, 0.3) is 5.56 Å². The van der Waals surface area contributed by atoms with Crippen LogP contribution in [-0.2, 0) is 6.30 Å². The van der Waals surface area contributed by atoms with Crippen LogP contribution in [0.2, 0.25) is 0 Å². The van der Waals surface area contributed by atoms with Gasteiger partial charge in [-0.1, -0.05) is 0 Å². The van der Waals surface area contributed by atoms with E-state index in [9.17, 15) is 18.0 Å². The van der Waals surface area contributed by atoms with Crippen molar-refractivity contribution in [1.82, 2.24) is 9.78 Å². The molecule has 0 fully saturated rings. The van der Waals surface area contributed by atoms with Crippen molar-refractivity contribution in [3.05, 3.63) is 28.7 Å². The van der Waals surface area contributed by atoms with Crippen molar-refractivity contribution in [1.29, 1.82) is 0 Å². The average molecular weight is 164 g/mol. The van der Waals surface area contributed by atoms with Gasteiger partial charge < -0.3 is 0 Å². The standard InChI is InChI=1S/C5H3F3N2O/c6-5(7,8)10-4(11)2-1-3-9-10/h1-3H. The van der Waals surface area contributed by atoms with Gasteiger partial charge in [0.1, 0.15) is 0 Å². The summed E-state index contributed by atoms with van der Waals surface area (Å²) in [4.78, 5) is 10.4. The van der Waals surface area contributed by atoms with Crippen molar-refractivity contribution in [2.24, 2.45) is 0 Å². The number of aromatic nitrogens is 2. The third kappa shape index (κ3) is 1.57. The van der Waals surface area contributed by atoms with Crippen molar-refractivity contribution in [2.45, 2.75) is 6.30 Å². The monoisotopic (exact) mass is 164 g/mol. The van der Waals surface area contributed by atoms with Crippen molar-refractivity contribution < 1.29 is 13.2 Å². The molecule has 0 aliphatic rings. The van der Waals surface area contributed by atoms with Crippen molar-refractivity contribution >= 4 is 0 Å². The van der Waals surface area contributed by atoms with Crippen LogP contribution in [0.5, 0.6) is 0 Å². The Hall–Kier alpha value is -1.33. The van der Waals surface area contributed by atoms with Crippen molar-refractivity contribution in [2.75, 3.05) is 0 Å². The van der Waals surface area contributed by atoms with Crippen LogP contribution in [0.4, 0.5) is 13.2 Å². The normalized spacial score (nSPS) is 11.5. The molecule has 0 N–H and O–H groups in total. The largest absolute Gasteiger partial charge is 0.507 e. The van der Waals surface area contributed by atoms with Gasteiger partial charge in [0.05, 0.1) is 0 Å². The maximum absolute atomic E-state index is 11.7. The molecule has 0 saturated heterocycles. The zero-order valence-corrected chi connectivity index (χ0v) is 5.17. The van der Waals surface area contributed by atoms with E-state index in [-0.39, 0.29) is 0 Å². The zero-order chi connectivity index (χ0) is 8.48. The summed E-state index contributed by atoms with van der Waals surface area (Å²) in [7, 11) is 0. The number of hydrogen-bond donors (Lipinski definition) is 0. The van der Waals surface area contributed by atoms with Crippen LogP contribution in [-0.4, -0.2) is 9.78 Å². The van der Waals surface area contributed by atoms with Crippen molar-refractivity contribution in [3.8, 4) is 0 Å². The second kappa shape index (κ2) is 2.37. The van der Waals surface area contributed by atoms with E-state index in [1.807, 2.05) is 0 Å². The smallest absolute Gasteiger partial charge is 0.268 e. The summed E-state index contributed by atoms with van der Waals surface area (Å²) in [6.07, 6.45) is -3.83. The summed E-state index contributed by atoms with van der Waals surface area (Å²) in [6.45, 7) is 0. The molecule has 0 spiro atoms. The van der Waals surface area contributed by atoms with Crippen molar-refractivity contribution in [3.63, 3.8) is 0 Å². The lowest BCUT2D eigenvalue weighted by atomic mass is 10.6. The van der Waals surface area contributed by atoms with Gasteiger partial charge in [-0.25, -0.2) is 0 Å².